The highest BCUT2D eigenvalue weighted by Crippen LogP contribution is 2.23. The van der Waals surface area contributed by atoms with E-state index >= 15 is 0 Å². The fraction of sp³-hybridized carbons (Fsp3) is 0.263. The summed E-state index contributed by atoms with van der Waals surface area (Å²) in [4.78, 5) is 27.2. The predicted octanol–water partition coefficient (Wildman–Crippen LogP) is 4.23. The lowest BCUT2D eigenvalue weighted by atomic mass is 10.2. The number of H-pyrrole nitrogens is 1. The number of benzene rings is 1. The molecule has 2 heterocycles. The van der Waals surface area contributed by atoms with Crippen LogP contribution in [0.2, 0.25) is 0 Å². The van der Waals surface area contributed by atoms with E-state index in [2.05, 4.69) is 31.4 Å². The van der Waals surface area contributed by atoms with Gasteiger partial charge in [-0.1, -0.05) is 22.0 Å². The fourth-order valence-corrected chi connectivity index (χ4v) is 4.20. The normalized spacial score (nSPS) is 10.7. The van der Waals surface area contributed by atoms with Crippen LogP contribution in [0.1, 0.15) is 12.0 Å². The van der Waals surface area contributed by atoms with Gasteiger partial charge in [0.15, 0.2) is 10.6 Å². The van der Waals surface area contributed by atoms with Crippen molar-refractivity contribution in [3.63, 3.8) is 0 Å². The Morgan fingerprint density at radius 1 is 1.38 bits per heavy atom. The van der Waals surface area contributed by atoms with E-state index in [1.807, 2.05) is 42.6 Å². The first-order chi connectivity index (χ1) is 13.8. The molecule has 2 N–H and O–H groups in total. The second-order valence-corrected chi connectivity index (χ2v) is 8.74. The average molecular weight is 494 g/mol. The molecule has 0 atom stereocenters. The van der Waals surface area contributed by atoms with Crippen LogP contribution in [0.25, 0.3) is 10.7 Å². The lowest BCUT2D eigenvalue weighted by Crippen LogP contribution is -2.35. The minimum Gasteiger partial charge on any atom is -0.336 e. The average Bonchev–Trinajstić information content (AvgIpc) is 3.31. The first-order valence-electron chi connectivity index (χ1n) is 8.84. The topological polar surface area (TPSA) is 83.0 Å². The number of aryl methyl sites for hydroxylation is 1. The summed E-state index contributed by atoms with van der Waals surface area (Å²) in [5.41, 5.74) is 1.67. The van der Waals surface area contributed by atoms with Crippen molar-refractivity contribution in [2.45, 2.75) is 19.9 Å². The van der Waals surface area contributed by atoms with E-state index in [-0.39, 0.29) is 24.8 Å². The number of aromatic nitrogens is 3. The molecule has 0 aliphatic heterocycles. The smallest absolute Gasteiger partial charge is 0.243 e. The third-order valence-electron chi connectivity index (χ3n) is 4.32. The zero-order valence-electron chi connectivity index (χ0n) is 15.9. The van der Waals surface area contributed by atoms with Crippen LogP contribution in [0.15, 0.2) is 40.2 Å². The highest BCUT2D eigenvalue weighted by atomic mass is 79.9. The number of carbonyl (C=O) groups excluding carboxylic acids is 2. The second kappa shape index (κ2) is 9.47. The summed E-state index contributed by atoms with van der Waals surface area (Å²) in [6.07, 6.45) is 0.216. The number of hydrogen-bond donors (Lipinski definition) is 2. The molecule has 0 saturated heterocycles. The van der Waals surface area contributed by atoms with Gasteiger partial charge in [0.1, 0.15) is 0 Å². The molecule has 29 heavy (non-hydrogen) atoms. The van der Waals surface area contributed by atoms with Crippen LogP contribution >= 0.6 is 39.5 Å². The lowest BCUT2D eigenvalue weighted by molar-refractivity contribution is -0.133. The molecule has 0 aliphatic carbocycles. The Hall–Kier alpha value is -2.30. The fourth-order valence-electron chi connectivity index (χ4n) is 2.78. The van der Waals surface area contributed by atoms with Crippen LogP contribution in [-0.2, 0) is 16.1 Å². The van der Waals surface area contributed by atoms with Crippen LogP contribution in [0, 0.1) is 11.7 Å². The summed E-state index contributed by atoms with van der Waals surface area (Å²) < 4.78 is 3.21. The number of carbonyl (C=O) groups is 2. The molecule has 2 aromatic heterocycles. The first-order valence-corrected chi connectivity index (χ1v) is 10.9. The highest BCUT2D eigenvalue weighted by molar-refractivity contribution is 9.10. The highest BCUT2D eigenvalue weighted by Gasteiger charge is 2.16. The number of thiophene rings is 1. The van der Waals surface area contributed by atoms with E-state index in [1.54, 1.807) is 23.0 Å². The molecule has 2 amide bonds. The molecule has 0 bridgehead atoms. The molecule has 0 fully saturated rings. The molecule has 0 radical (unpaired) electrons. The molecule has 0 unspecified atom stereocenters. The summed E-state index contributed by atoms with van der Waals surface area (Å²) in [6, 6.07) is 9.49. The van der Waals surface area contributed by atoms with Gasteiger partial charge in [0.25, 0.3) is 0 Å². The molecule has 0 aliphatic rings. The van der Waals surface area contributed by atoms with Gasteiger partial charge in [0.05, 0.1) is 11.4 Å². The van der Waals surface area contributed by atoms with Crippen LogP contribution < -0.4 is 5.32 Å². The maximum Gasteiger partial charge on any atom is 0.243 e. The summed E-state index contributed by atoms with van der Waals surface area (Å²) >= 11 is 10.2. The zero-order chi connectivity index (χ0) is 21.0. The van der Waals surface area contributed by atoms with Crippen molar-refractivity contribution in [1.29, 1.82) is 0 Å². The van der Waals surface area contributed by atoms with E-state index in [4.69, 9.17) is 12.2 Å². The molecular formula is C19H20BrN5O2S2. The standard InChI is InChI=1S/C19H20BrN5O2S2/c1-12-10-13(20)5-6-14(12)21-16(26)11-24(2)17(27)7-8-25-18(22-23-19(25)28)15-4-3-9-29-15/h3-6,9-10H,7-8,11H2,1-2H3,(H,21,26)(H,23,28). The Balaban J connectivity index is 1.57. The molecule has 7 nitrogen and oxygen atoms in total. The summed E-state index contributed by atoms with van der Waals surface area (Å²) in [6.45, 7) is 2.27. The maximum atomic E-state index is 12.5. The molecule has 3 rings (SSSR count). The van der Waals surface area contributed by atoms with Gasteiger partial charge in [-0.25, -0.2) is 0 Å². The van der Waals surface area contributed by atoms with Gasteiger partial charge in [-0.15, -0.1) is 11.3 Å². The van der Waals surface area contributed by atoms with Crippen LogP contribution in [0.5, 0.6) is 0 Å². The van der Waals surface area contributed by atoms with E-state index in [1.165, 1.54) is 4.90 Å². The molecule has 10 heteroatoms. The van der Waals surface area contributed by atoms with E-state index in [0.717, 1.165) is 20.6 Å². The summed E-state index contributed by atoms with van der Waals surface area (Å²) in [5.74, 6) is 0.322. The Morgan fingerprint density at radius 3 is 2.86 bits per heavy atom. The SMILES string of the molecule is Cc1cc(Br)ccc1NC(=O)CN(C)C(=O)CCn1c(-c2cccs2)n[nH]c1=S. The minimum absolute atomic E-state index is 0.0249. The van der Waals surface area contributed by atoms with Gasteiger partial charge in [-0.05, 0) is 54.4 Å². The maximum absolute atomic E-state index is 12.5. The number of nitrogens with zero attached hydrogens (tertiary/aromatic N) is 3. The minimum atomic E-state index is -0.245. The van der Waals surface area contributed by atoms with E-state index in [9.17, 15) is 9.59 Å². The summed E-state index contributed by atoms with van der Waals surface area (Å²) in [5, 5.41) is 11.8. The molecule has 1 aromatic carbocycles. The van der Waals surface area contributed by atoms with E-state index in [0.29, 0.717) is 17.1 Å². The van der Waals surface area contributed by atoms with Crippen molar-refractivity contribution in [1.82, 2.24) is 19.7 Å². The van der Waals surface area contributed by atoms with Crippen molar-refractivity contribution in [2.24, 2.45) is 0 Å². The zero-order valence-corrected chi connectivity index (χ0v) is 19.2. The van der Waals surface area contributed by atoms with Crippen molar-refractivity contribution in [3.05, 3.63) is 50.5 Å². The van der Waals surface area contributed by atoms with Gasteiger partial charge in [-0.2, -0.15) is 5.10 Å². The van der Waals surface area contributed by atoms with Crippen molar-refractivity contribution >= 4 is 57.0 Å². The van der Waals surface area contributed by atoms with Crippen molar-refractivity contribution < 1.29 is 9.59 Å². The third-order valence-corrected chi connectivity index (χ3v) is 5.99. The van der Waals surface area contributed by atoms with Gasteiger partial charge in [-0.3, -0.25) is 19.3 Å². The second-order valence-electron chi connectivity index (χ2n) is 6.49. The first kappa shape index (κ1) is 21.4. The van der Waals surface area contributed by atoms with Crippen molar-refractivity contribution in [2.75, 3.05) is 18.9 Å². The Bertz CT molecular complexity index is 1070. The number of rotatable bonds is 7. The Morgan fingerprint density at radius 2 is 2.17 bits per heavy atom. The van der Waals surface area contributed by atoms with Crippen LogP contribution in [0.3, 0.4) is 0 Å². The molecule has 3 aromatic rings. The predicted molar refractivity (Wildman–Crippen MR) is 120 cm³/mol. The number of hydrogen-bond acceptors (Lipinski definition) is 5. The quantitative estimate of drug-likeness (QED) is 0.482. The Labute approximate surface area is 185 Å². The van der Waals surface area contributed by atoms with Crippen LogP contribution in [-0.4, -0.2) is 45.1 Å². The molecule has 0 spiro atoms. The number of anilines is 1. The van der Waals surface area contributed by atoms with Gasteiger partial charge >= 0.3 is 0 Å². The molecule has 152 valence electrons. The van der Waals surface area contributed by atoms with Gasteiger partial charge in [0.2, 0.25) is 11.8 Å². The molecule has 0 saturated carbocycles. The summed E-state index contributed by atoms with van der Waals surface area (Å²) in [7, 11) is 1.62. The number of amides is 2. The van der Waals surface area contributed by atoms with Crippen LogP contribution in [0.4, 0.5) is 5.69 Å². The third kappa shape index (κ3) is 5.40. The molecular weight excluding hydrogens is 474 g/mol. The van der Waals surface area contributed by atoms with Gasteiger partial charge in [0, 0.05) is 30.2 Å². The number of nitrogens with one attached hydrogen (secondary N) is 2. The number of likely N-dealkylation sites (N-methyl/N-ethyl adjacent to an activating group) is 1. The largest absolute Gasteiger partial charge is 0.336 e. The van der Waals surface area contributed by atoms with E-state index < -0.39 is 0 Å². The van der Waals surface area contributed by atoms with Gasteiger partial charge < -0.3 is 10.2 Å². The monoisotopic (exact) mass is 493 g/mol. The number of halogens is 1. The lowest BCUT2D eigenvalue weighted by Gasteiger charge is -2.18. The number of aromatic amines is 1. The van der Waals surface area contributed by atoms with Crippen molar-refractivity contribution in [3.8, 4) is 10.7 Å². The Kier molecular flexibility index (Phi) is 6.99.